The normalized spacial score (nSPS) is 20.5. The molecule has 1 amide bonds. The molecule has 37 heavy (non-hydrogen) atoms. The molecule has 2 aromatic rings. The highest BCUT2D eigenvalue weighted by Gasteiger charge is 2.27. The van der Waals surface area contributed by atoms with E-state index in [1.54, 1.807) is 14.2 Å². The van der Waals surface area contributed by atoms with Gasteiger partial charge in [-0.3, -0.25) is 4.79 Å². The van der Waals surface area contributed by atoms with Crippen LogP contribution in [0, 0.1) is 0 Å². The van der Waals surface area contributed by atoms with E-state index >= 15 is 0 Å². The zero-order chi connectivity index (χ0) is 26.0. The van der Waals surface area contributed by atoms with Crippen molar-refractivity contribution in [2.24, 2.45) is 0 Å². The fourth-order valence-corrected chi connectivity index (χ4v) is 5.54. The van der Waals surface area contributed by atoms with Crippen LogP contribution in [0.1, 0.15) is 57.2 Å². The van der Waals surface area contributed by atoms with Crippen molar-refractivity contribution in [3.63, 3.8) is 0 Å². The summed E-state index contributed by atoms with van der Waals surface area (Å²) >= 11 is 5.52. The number of nitrogens with one attached hydrogen (secondary N) is 3. The second-order valence-electron chi connectivity index (χ2n) is 9.97. The molecule has 2 heterocycles. The Kier molecular flexibility index (Phi) is 10.5. The van der Waals surface area contributed by atoms with Crippen molar-refractivity contribution in [2.75, 3.05) is 51.6 Å². The molecule has 0 atom stereocenters. The molecule has 1 aliphatic carbocycles. The van der Waals surface area contributed by atoms with Gasteiger partial charge in [0.15, 0.2) is 11.5 Å². The summed E-state index contributed by atoms with van der Waals surface area (Å²) in [6.07, 6.45) is 9.60. The molecule has 1 aliphatic heterocycles. The van der Waals surface area contributed by atoms with Crippen LogP contribution in [0.5, 0.6) is 11.5 Å². The third-order valence-corrected chi connectivity index (χ3v) is 7.69. The van der Waals surface area contributed by atoms with Gasteiger partial charge in [0.1, 0.15) is 17.5 Å². The first kappa shape index (κ1) is 27.7. The number of fused-ring (bicyclic) bond motifs is 1. The molecule has 1 aromatic carbocycles. The Bertz CT molecular complexity index is 1020. The van der Waals surface area contributed by atoms with E-state index in [-0.39, 0.29) is 11.8 Å². The van der Waals surface area contributed by atoms with E-state index in [2.05, 4.69) is 20.9 Å². The van der Waals surface area contributed by atoms with Crippen molar-refractivity contribution >= 4 is 34.2 Å². The van der Waals surface area contributed by atoms with Gasteiger partial charge in [-0.2, -0.15) is 0 Å². The van der Waals surface area contributed by atoms with E-state index < -0.39 is 0 Å². The van der Waals surface area contributed by atoms with Gasteiger partial charge in [-0.05, 0) is 70.6 Å². The monoisotopic (exact) mass is 532 g/mol. The lowest BCUT2D eigenvalue weighted by molar-refractivity contribution is -0.118. The lowest BCUT2D eigenvalue weighted by Gasteiger charge is -2.39. The minimum absolute atomic E-state index is 0.0116. The number of hydrogen-bond acceptors (Lipinski definition) is 8. The highest BCUT2D eigenvalue weighted by molar-refractivity contribution is 6.27. The predicted molar refractivity (Wildman–Crippen MR) is 148 cm³/mol. The molecule has 4 rings (SSSR count). The SMILES string of the molecule is COc1cc2nc(CNCCCNC(=O)CCl)nc(NC3CCC(N4CCCCC4)CC3)c2cc1OC. The van der Waals surface area contributed by atoms with Crippen molar-refractivity contribution in [1.82, 2.24) is 25.5 Å². The number of nitrogens with zero attached hydrogens (tertiary/aromatic N) is 3. The number of carbonyl (C=O) groups excluding carboxylic acids is 1. The van der Waals surface area contributed by atoms with Gasteiger partial charge in [-0.15, -0.1) is 11.6 Å². The van der Waals surface area contributed by atoms with Crippen LogP contribution in [-0.4, -0.2) is 79.1 Å². The van der Waals surface area contributed by atoms with E-state index in [0.29, 0.717) is 36.5 Å². The molecular formula is C27H41ClN6O3. The van der Waals surface area contributed by atoms with Crippen LogP contribution in [0.25, 0.3) is 10.9 Å². The number of rotatable bonds is 12. The van der Waals surface area contributed by atoms with E-state index in [0.717, 1.165) is 48.6 Å². The summed E-state index contributed by atoms with van der Waals surface area (Å²) in [4.78, 5) is 23.7. The lowest BCUT2D eigenvalue weighted by Crippen LogP contribution is -2.43. The molecular weight excluding hydrogens is 492 g/mol. The first-order chi connectivity index (χ1) is 18.1. The quantitative estimate of drug-likeness (QED) is 0.281. The van der Waals surface area contributed by atoms with Gasteiger partial charge in [0.2, 0.25) is 5.91 Å². The largest absolute Gasteiger partial charge is 0.493 e. The van der Waals surface area contributed by atoms with Crippen molar-refractivity contribution < 1.29 is 14.3 Å². The fourth-order valence-electron chi connectivity index (χ4n) is 5.44. The molecule has 2 fully saturated rings. The number of aromatic nitrogens is 2. The molecule has 204 valence electrons. The molecule has 3 N–H and O–H groups in total. The lowest BCUT2D eigenvalue weighted by atomic mass is 9.89. The van der Waals surface area contributed by atoms with Gasteiger partial charge in [-0.1, -0.05) is 6.42 Å². The fraction of sp³-hybridized carbons (Fsp3) is 0.667. The second kappa shape index (κ2) is 14.0. The summed E-state index contributed by atoms with van der Waals surface area (Å²) in [5, 5.41) is 10.8. The Morgan fingerprint density at radius 3 is 2.46 bits per heavy atom. The zero-order valence-corrected chi connectivity index (χ0v) is 22.9. The van der Waals surface area contributed by atoms with Gasteiger partial charge < -0.3 is 30.3 Å². The van der Waals surface area contributed by atoms with Crippen LogP contribution in [0.3, 0.4) is 0 Å². The van der Waals surface area contributed by atoms with Crippen molar-refractivity contribution in [3.8, 4) is 11.5 Å². The molecule has 0 unspecified atom stereocenters. The molecule has 1 aromatic heterocycles. The third kappa shape index (κ3) is 7.58. The molecule has 9 nitrogen and oxygen atoms in total. The van der Waals surface area contributed by atoms with Crippen molar-refractivity contribution in [1.29, 1.82) is 0 Å². The smallest absolute Gasteiger partial charge is 0.234 e. The predicted octanol–water partition coefficient (Wildman–Crippen LogP) is 3.69. The van der Waals surface area contributed by atoms with Crippen LogP contribution < -0.4 is 25.4 Å². The van der Waals surface area contributed by atoms with E-state index in [9.17, 15) is 4.79 Å². The number of methoxy groups -OCH3 is 2. The van der Waals surface area contributed by atoms with Gasteiger partial charge in [0.05, 0.1) is 26.3 Å². The van der Waals surface area contributed by atoms with Crippen molar-refractivity contribution in [3.05, 3.63) is 18.0 Å². The molecule has 2 aliphatic rings. The Labute approximate surface area is 225 Å². The summed E-state index contributed by atoms with van der Waals surface area (Å²) in [5.74, 6) is 2.72. The first-order valence-electron chi connectivity index (χ1n) is 13.6. The summed E-state index contributed by atoms with van der Waals surface area (Å²) in [5.41, 5.74) is 0.823. The number of hydrogen-bond donors (Lipinski definition) is 3. The minimum Gasteiger partial charge on any atom is -0.493 e. The van der Waals surface area contributed by atoms with Crippen LogP contribution in [0.4, 0.5) is 5.82 Å². The summed E-state index contributed by atoms with van der Waals surface area (Å²) in [7, 11) is 3.28. The number of benzene rings is 1. The minimum atomic E-state index is -0.149. The van der Waals surface area contributed by atoms with Crippen LogP contribution in [0.2, 0.25) is 0 Å². The maximum atomic E-state index is 11.3. The Balaban J connectivity index is 1.43. The van der Waals surface area contributed by atoms with E-state index in [1.165, 1.54) is 45.2 Å². The number of halogens is 1. The number of likely N-dealkylation sites (tertiary alicyclic amines) is 1. The summed E-state index contributed by atoms with van der Waals surface area (Å²) < 4.78 is 11.1. The highest BCUT2D eigenvalue weighted by Crippen LogP contribution is 2.35. The molecule has 1 saturated carbocycles. The van der Waals surface area contributed by atoms with Crippen LogP contribution >= 0.6 is 11.6 Å². The number of piperidine rings is 1. The number of alkyl halides is 1. The average molecular weight is 533 g/mol. The van der Waals surface area contributed by atoms with Crippen LogP contribution in [0.15, 0.2) is 12.1 Å². The Morgan fingerprint density at radius 1 is 1.03 bits per heavy atom. The Hall–Kier alpha value is -2.36. The maximum absolute atomic E-state index is 11.3. The molecule has 0 spiro atoms. The maximum Gasteiger partial charge on any atom is 0.234 e. The van der Waals surface area contributed by atoms with Crippen molar-refractivity contribution in [2.45, 2.75) is 70.0 Å². The molecule has 0 bridgehead atoms. The summed E-state index contributed by atoms with van der Waals surface area (Å²) in [6, 6.07) is 4.99. The first-order valence-corrected chi connectivity index (χ1v) is 14.1. The van der Waals surface area contributed by atoms with Gasteiger partial charge >= 0.3 is 0 Å². The average Bonchev–Trinajstić information content (AvgIpc) is 2.94. The number of carbonyl (C=O) groups is 1. The number of anilines is 1. The Morgan fingerprint density at radius 2 is 1.76 bits per heavy atom. The standard InChI is InChI=1S/C27H41ClN6O3/c1-36-23-15-21-22(16-24(23)37-2)32-25(18-29-11-6-12-30-26(35)17-28)33-27(21)31-19-7-9-20(10-8-19)34-13-4-3-5-14-34/h15-16,19-20,29H,3-14,17-18H2,1-2H3,(H,30,35)(H,31,32,33). The van der Waals surface area contributed by atoms with Gasteiger partial charge in [-0.25, -0.2) is 9.97 Å². The zero-order valence-electron chi connectivity index (χ0n) is 22.2. The number of ether oxygens (including phenoxy) is 2. The van der Waals surface area contributed by atoms with Gasteiger partial charge in [0.25, 0.3) is 0 Å². The second-order valence-corrected chi connectivity index (χ2v) is 10.2. The van der Waals surface area contributed by atoms with Crippen LogP contribution in [-0.2, 0) is 11.3 Å². The molecule has 1 saturated heterocycles. The topological polar surface area (TPSA) is 101 Å². The van der Waals surface area contributed by atoms with E-state index in [1.807, 2.05) is 12.1 Å². The highest BCUT2D eigenvalue weighted by atomic mass is 35.5. The molecule has 0 radical (unpaired) electrons. The third-order valence-electron chi connectivity index (χ3n) is 7.45. The van der Waals surface area contributed by atoms with Gasteiger partial charge in [0, 0.05) is 30.1 Å². The molecule has 10 heteroatoms. The summed E-state index contributed by atoms with van der Waals surface area (Å²) in [6.45, 7) is 4.37. The number of amides is 1. The van der Waals surface area contributed by atoms with E-state index in [4.69, 9.17) is 31.0 Å².